The predicted molar refractivity (Wildman–Crippen MR) is 139 cm³/mol. The Morgan fingerprint density at radius 2 is 1.71 bits per heavy atom. The maximum Gasteiger partial charge on any atom is 0.410 e. The van der Waals surface area contributed by atoms with Gasteiger partial charge in [0.2, 0.25) is 5.91 Å². The van der Waals surface area contributed by atoms with Gasteiger partial charge in [-0.05, 0) is 50.6 Å². The molecule has 0 fully saturated rings. The van der Waals surface area contributed by atoms with Crippen LogP contribution in [0.3, 0.4) is 0 Å². The topological polar surface area (TPSA) is 111 Å². The number of nitrogens with one attached hydrogen (secondary N) is 1. The van der Waals surface area contributed by atoms with Crippen molar-refractivity contribution < 1.29 is 31.7 Å². The first kappa shape index (κ1) is 31.9. The summed E-state index contributed by atoms with van der Waals surface area (Å²) in [7, 11) is -3.68. The van der Waals surface area contributed by atoms with E-state index in [9.17, 15) is 18.0 Å². The van der Waals surface area contributed by atoms with E-state index in [1.165, 1.54) is 0 Å². The summed E-state index contributed by atoms with van der Waals surface area (Å²) < 4.78 is 38.0. The minimum Gasteiger partial charge on any atom is -0.489 e. The van der Waals surface area contributed by atoms with Crippen molar-refractivity contribution in [2.75, 3.05) is 37.9 Å². The van der Waals surface area contributed by atoms with Crippen molar-refractivity contribution >= 4 is 27.8 Å². The van der Waals surface area contributed by atoms with E-state index in [1.807, 2.05) is 13.8 Å². The molecule has 0 atom stereocenters. The molecule has 0 radical (unpaired) electrons. The number of nitrogens with zero attached hydrogens (tertiary/aromatic N) is 1. The number of hydrogen-bond acceptors (Lipinski definition) is 7. The van der Waals surface area contributed by atoms with Crippen LogP contribution < -0.4 is 10.1 Å². The van der Waals surface area contributed by atoms with Crippen molar-refractivity contribution in [3.05, 3.63) is 61.2 Å². The molecule has 35 heavy (non-hydrogen) atoms. The van der Waals surface area contributed by atoms with Crippen molar-refractivity contribution in [2.24, 2.45) is 0 Å². The van der Waals surface area contributed by atoms with Gasteiger partial charge in [0.05, 0.1) is 12.9 Å². The maximum absolute atomic E-state index is 12.5. The Morgan fingerprint density at radius 3 is 2.20 bits per heavy atom. The van der Waals surface area contributed by atoms with Gasteiger partial charge in [0.15, 0.2) is 0 Å². The fraction of sp³-hybridized carbons (Fsp3) is 0.440. The van der Waals surface area contributed by atoms with Gasteiger partial charge in [0.25, 0.3) is 10.1 Å². The number of rotatable bonds is 12. The molecule has 0 heterocycles. The Bertz CT molecular complexity index is 963. The van der Waals surface area contributed by atoms with Crippen molar-refractivity contribution in [3.8, 4) is 5.75 Å². The highest BCUT2D eigenvalue weighted by Gasteiger charge is 2.24. The van der Waals surface area contributed by atoms with Crippen LogP contribution in [0.5, 0.6) is 5.75 Å². The Morgan fingerprint density at radius 1 is 1.11 bits per heavy atom. The summed E-state index contributed by atoms with van der Waals surface area (Å²) in [6.45, 7) is 15.9. The summed E-state index contributed by atoms with van der Waals surface area (Å²) in [5.74, 6) is 0.106. The summed E-state index contributed by atoms with van der Waals surface area (Å²) in [5.41, 5.74) is 0.574. The predicted octanol–water partition coefficient (Wildman–Crippen LogP) is 4.54. The van der Waals surface area contributed by atoms with Crippen LogP contribution in [0.4, 0.5) is 10.5 Å². The van der Waals surface area contributed by atoms with Gasteiger partial charge in [-0.1, -0.05) is 45.2 Å². The Kier molecular flexibility index (Phi) is 14.3. The normalized spacial score (nSPS) is 11.4. The zero-order chi connectivity index (χ0) is 27.1. The molecule has 0 spiro atoms. The molecule has 1 N–H and O–H groups in total. The monoisotopic (exact) mass is 510 g/mol. The van der Waals surface area contributed by atoms with Gasteiger partial charge < -0.3 is 14.8 Å². The van der Waals surface area contributed by atoms with Crippen molar-refractivity contribution in [3.63, 3.8) is 0 Å². The van der Waals surface area contributed by atoms with Crippen LogP contribution in [0.15, 0.2) is 61.2 Å². The van der Waals surface area contributed by atoms with Crippen molar-refractivity contribution in [2.45, 2.75) is 40.2 Å². The van der Waals surface area contributed by atoms with Crippen molar-refractivity contribution in [1.82, 2.24) is 4.90 Å². The fourth-order valence-electron chi connectivity index (χ4n) is 2.36. The molecular weight excluding hydrogens is 472 g/mol. The van der Waals surface area contributed by atoms with Gasteiger partial charge >= 0.3 is 6.09 Å². The average Bonchev–Trinajstić information content (AvgIpc) is 2.76. The average molecular weight is 511 g/mol. The van der Waals surface area contributed by atoms with Crippen LogP contribution in [-0.4, -0.2) is 63.5 Å². The molecule has 0 bridgehead atoms. The first-order valence-electron chi connectivity index (χ1n) is 11.1. The second-order valence-corrected chi connectivity index (χ2v) is 9.61. The molecule has 10 heteroatoms. The highest BCUT2D eigenvalue weighted by molar-refractivity contribution is 7.85. The molecule has 2 amide bonds. The van der Waals surface area contributed by atoms with Gasteiger partial charge in [0, 0.05) is 12.2 Å². The van der Waals surface area contributed by atoms with E-state index in [-0.39, 0.29) is 19.7 Å². The number of anilines is 1. The Balaban J connectivity index is 0.00000562. The lowest BCUT2D eigenvalue weighted by molar-refractivity contribution is -0.117. The number of amides is 2. The van der Waals surface area contributed by atoms with Crippen molar-refractivity contribution in [1.29, 1.82) is 0 Å². The lowest BCUT2D eigenvalue weighted by atomic mass is 10.2. The summed E-state index contributed by atoms with van der Waals surface area (Å²) in [6.07, 6.45) is 5.25. The minimum atomic E-state index is -3.68. The van der Waals surface area contributed by atoms with Gasteiger partial charge in [-0.3, -0.25) is 13.9 Å². The number of benzene rings is 1. The summed E-state index contributed by atoms with van der Waals surface area (Å²) in [6, 6.07) is 6.69. The highest BCUT2D eigenvalue weighted by Crippen LogP contribution is 2.17. The van der Waals surface area contributed by atoms with Crippen LogP contribution in [0.25, 0.3) is 0 Å². The zero-order valence-corrected chi connectivity index (χ0v) is 22.3. The van der Waals surface area contributed by atoms with Gasteiger partial charge in [-0.15, -0.1) is 0 Å². The molecule has 1 rings (SSSR count). The molecule has 0 aliphatic heterocycles. The van der Waals surface area contributed by atoms with E-state index < -0.39 is 27.7 Å². The van der Waals surface area contributed by atoms with Gasteiger partial charge in [0.1, 0.15) is 24.5 Å². The Labute approximate surface area is 209 Å². The number of ether oxygens (including phenoxy) is 2. The molecule has 1 aromatic carbocycles. The number of allylic oxidation sites excluding steroid dienone is 2. The van der Waals surface area contributed by atoms with E-state index in [1.54, 1.807) is 63.3 Å². The maximum atomic E-state index is 12.5. The number of carbonyl (C=O) groups is 2. The molecule has 196 valence electrons. The first-order chi connectivity index (χ1) is 16.3. The van der Waals surface area contributed by atoms with E-state index in [4.69, 9.17) is 9.47 Å². The summed E-state index contributed by atoms with van der Waals surface area (Å²) in [4.78, 5) is 26.0. The molecule has 0 saturated heterocycles. The molecule has 0 unspecified atom stereocenters. The molecule has 9 nitrogen and oxygen atoms in total. The third-order valence-corrected chi connectivity index (χ3v) is 4.38. The lowest BCUT2D eigenvalue weighted by Gasteiger charge is -2.26. The standard InChI is InChI=1S/C23H32N2O7S.C2H6/c1-7-9-18(8-2)17-30-20-12-10-19(11-13-20)24-21(26)16-25(14-15-31-33(6,28)29)22(27)32-23(3,4)5;1-2/h7-13H,1-2,14-17H2,3-6H3,(H,24,26);1-2H3/b18-9+;. The van der Waals surface area contributed by atoms with E-state index in [0.717, 1.165) is 16.7 Å². The smallest absolute Gasteiger partial charge is 0.410 e. The zero-order valence-electron chi connectivity index (χ0n) is 21.5. The van der Waals surface area contributed by atoms with Crippen LogP contribution in [0.2, 0.25) is 0 Å². The van der Waals surface area contributed by atoms with Crippen LogP contribution >= 0.6 is 0 Å². The number of hydrogen-bond donors (Lipinski definition) is 1. The van der Waals surface area contributed by atoms with Crippen LogP contribution in [0.1, 0.15) is 34.6 Å². The fourth-order valence-corrected chi connectivity index (χ4v) is 2.74. The van der Waals surface area contributed by atoms with E-state index in [2.05, 4.69) is 22.7 Å². The van der Waals surface area contributed by atoms with E-state index >= 15 is 0 Å². The van der Waals surface area contributed by atoms with Gasteiger partial charge in [-0.2, -0.15) is 8.42 Å². The van der Waals surface area contributed by atoms with Crippen LogP contribution in [0, 0.1) is 0 Å². The molecule has 0 aliphatic carbocycles. The second kappa shape index (κ2) is 15.7. The number of carbonyl (C=O) groups excluding carboxylic acids is 2. The van der Waals surface area contributed by atoms with E-state index in [0.29, 0.717) is 18.0 Å². The molecular formula is C25H38N2O7S. The van der Waals surface area contributed by atoms with Crippen LogP contribution in [-0.2, 0) is 23.8 Å². The first-order valence-corrected chi connectivity index (χ1v) is 12.9. The molecule has 0 aliphatic rings. The quantitative estimate of drug-likeness (QED) is 0.324. The molecule has 0 aromatic heterocycles. The minimum absolute atomic E-state index is 0.147. The molecule has 1 aromatic rings. The third-order valence-electron chi connectivity index (χ3n) is 3.78. The third kappa shape index (κ3) is 15.4. The Hall–Kier alpha value is -3.11. The molecule has 0 saturated carbocycles. The van der Waals surface area contributed by atoms with Gasteiger partial charge in [-0.25, -0.2) is 4.79 Å². The SMILES string of the molecule is C=C/C=C(\C=C)COc1ccc(NC(=O)CN(CCOS(C)(=O)=O)C(=O)OC(C)(C)C)cc1.CC. The largest absolute Gasteiger partial charge is 0.489 e. The lowest BCUT2D eigenvalue weighted by Crippen LogP contribution is -2.43. The summed E-state index contributed by atoms with van der Waals surface area (Å²) in [5, 5.41) is 2.68. The second-order valence-electron chi connectivity index (χ2n) is 7.97. The summed E-state index contributed by atoms with van der Waals surface area (Å²) >= 11 is 0. The highest BCUT2D eigenvalue weighted by atomic mass is 32.2.